The van der Waals surface area contributed by atoms with Gasteiger partial charge in [-0.2, -0.15) is 0 Å². The fraction of sp³-hybridized carbons (Fsp3) is 0.500. The van der Waals surface area contributed by atoms with Crippen LogP contribution in [0.1, 0.15) is 25.3 Å². The van der Waals surface area contributed by atoms with Gasteiger partial charge in [0.05, 0.1) is 0 Å². The summed E-state index contributed by atoms with van der Waals surface area (Å²) in [6, 6.07) is 3.77. The molecule has 1 unspecified atom stereocenters. The second-order valence-corrected chi connectivity index (χ2v) is 4.10. The molecule has 1 rings (SSSR count). The molecule has 1 aromatic rings. The van der Waals surface area contributed by atoms with E-state index in [-0.39, 0.29) is 5.91 Å². The van der Waals surface area contributed by atoms with Gasteiger partial charge in [-0.05, 0) is 37.4 Å². The third kappa shape index (κ3) is 3.98. The Morgan fingerprint density at radius 3 is 3.00 bits per heavy atom. The molecule has 3 N–H and O–H groups in total. The molecule has 0 aromatic carbocycles. The lowest BCUT2D eigenvalue weighted by Crippen LogP contribution is -2.17. The molecule has 4 nitrogen and oxygen atoms in total. The number of rotatable bonds is 5. The summed E-state index contributed by atoms with van der Waals surface area (Å²) in [7, 11) is 0. The van der Waals surface area contributed by atoms with Crippen LogP contribution in [0.15, 0.2) is 18.3 Å². The lowest BCUT2D eigenvalue weighted by Gasteiger charge is -2.09. The molecule has 0 radical (unpaired) electrons. The summed E-state index contributed by atoms with van der Waals surface area (Å²) >= 11 is 0. The Morgan fingerprint density at radius 1 is 1.62 bits per heavy atom. The Hall–Kier alpha value is -1.42. The van der Waals surface area contributed by atoms with Gasteiger partial charge >= 0.3 is 0 Å². The lowest BCUT2D eigenvalue weighted by molar-refractivity contribution is -0.116. The summed E-state index contributed by atoms with van der Waals surface area (Å²) in [5, 5.41) is 2.80. The minimum Gasteiger partial charge on any atom is -0.330 e. The molecule has 16 heavy (non-hydrogen) atoms. The number of aryl methyl sites for hydroxylation is 1. The van der Waals surface area contributed by atoms with E-state index in [1.54, 1.807) is 6.20 Å². The van der Waals surface area contributed by atoms with Gasteiger partial charge in [-0.1, -0.05) is 13.0 Å². The zero-order chi connectivity index (χ0) is 12.0. The molecular weight excluding hydrogens is 202 g/mol. The first-order valence-electron chi connectivity index (χ1n) is 5.55. The number of carbonyl (C=O) groups is 1. The van der Waals surface area contributed by atoms with Crippen molar-refractivity contribution in [1.29, 1.82) is 0 Å². The Bertz CT molecular complexity index is 352. The van der Waals surface area contributed by atoms with Gasteiger partial charge in [0.2, 0.25) is 5.91 Å². The van der Waals surface area contributed by atoms with Crippen LogP contribution in [0.25, 0.3) is 0 Å². The van der Waals surface area contributed by atoms with Crippen LogP contribution in [-0.2, 0) is 4.79 Å². The molecule has 88 valence electrons. The van der Waals surface area contributed by atoms with Crippen molar-refractivity contribution in [2.45, 2.75) is 26.7 Å². The SMILES string of the molecule is Cc1cccnc1NC(=O)CCC(C)CN. The molecule has 0 fully saturated rings. The van der Waals surface area contributed by atoms with E-state index in [1.807, 2.05) is 26.0 Å². The van der Waals surface area contributed by atoms with Crippen LogP contribution in [0, 0.1) is 12.8 Å². The standard InChI is InChI=1S/C12H19N3O/c1-9(8-13)5-6-11(16)15-12-10(2)4-3-7-14-12/h3-4,7,9H,5-6,8,13H2,1-2H3,(H,14,15,16). The highest BCUT2D eigenvalue weighted by Crippen LogP contribution is 2.11. The van der Waals surface area contributed by atoms with Gasteiger partial charge in [0.1, 0.15) is 5.82 Å². The smallest absolute Gasteiger partial charge is 0.225 e. The highest BCUT2D eigenvalue weighted by Gasteiger charge is 2.07. The van der Waals surface area contributed by atoms with Gasteiger partial charge in [0.15, 0.2) is 0 Å². The summed E-state index contributed by atoms with van der Waals surface area (Å²) in [6.45, 7) is 4.58. The molecule has 1 atom stereocenters. The van der Waals surface area contributed by atoms with E-state index >= 15 is 0 Å². The number of aromatic nitrogens is 1. The maximum absolute atomic E-state index is 11.6. The van der Waals surface area contributed by atoms with E-state index in [0.717, 1.165) is 12.0 Å². The first-order valence-corrected chi connectivity index (χ1v) is 5.55. The number of nitrogens with one attached hydrogen (secondary N) is 1. The molecule has 0 aliphatic rings. The van der Waals surface area contributed by atoms with Crippen LogP contribution >= 0.6 is 0 Å². The fourth-order valence-corrected chi connectivity index (χ4v) is 1.31. The van der Waals surface area contributed by atoms with Crippen molar-refractivity contribution in [1.82, 2.24) is 4.98 Å². The van der Waals surface area contributed by atoms with Crippen LogP contribution in [0.2, 0.25) is 0 Å². The topological polar surface area (TPSA) is 68.0 Å². The Balaban J connectivity index is 2.43. The predicted molar refractivity (Wildman–Crippen MR) is 65.1 cm³/mol. The van der Waals surface area contributed by atoms with Crippen molar-refractivity contribution in [3.8, 4) is 0 Å². The third-order valence-electron chi connectivity index (χ3n) is 2.53. The first kappa shape index (κ1) is 12.6. The normalized spacial score (nSPS) is 12.2. The molecule has 0 bridgehead atoms. The summed E-state index contributed by atoms with van der Waals surface area (Å²) in [5.41, 5.74) is 6.47. The summed E-state index contributed by atoms with van der Waals surface area (Å²) in [6.07, 6.45) is 2.98. The highest BCUT2D eigenvalue weighted by atomic mass is 16.1. The Morgan fingerprint density at radius 2 is 2.38 bits per heavy atom. The van der Waals surface area contributed by atoms with Crippen molar-refractivity contribution in [3.63, 3.8) is 0 Å². The van der Waals surface area contributed by atoms with Gasteiger partial charge in [-0.3, -0.25) is 4.79 Å². The number of carbonyl (C=O) groups excluding carboxylic acids is 1. The van der Waals surface area contributed by atoms with Crippen LogP contribution in [0.5, 0.6) is 0 Å². The maximum atomic E-state index is 11.6. The van der Waals surface area contributed by atoms with Gasteiger partial charge in [0.25, 0.3) is 0 Å². The van der Waals surface area contributed by atoms with E-state index in [1.165, 1.54) is 0 Å². The summed E-state index contributed by atoms with van der Waals surface area (Å²) < 4.78 is 0. The van der Waals surface area contributed by atoms with E-state index in [2.05, 4.69) is 10.3 Å². The van der Waals surface area contributed by atoms with Crippen LogP contribution in [0.3, 0.4) is 0 Å². The Kier molecular flexibility index (Phi) is 4.92. The van der Waals surface area contributed by atoms with E-state index in [0.29, 0.717) is 24.7 Å². The Labute approximate surface area is 96.3 Å². The van der Waals surface area contributed by atoms with E-state index in [9.17, 15) is 4.79 Å². The third-order valence-corrected chi connectivity index (χ3v) is 2.53. The van der Waals surface area contributed by atoms with Crippen molar-refractivity contribution in [2.75, 3.05) is 11.9 Å². The van der Waals surface area contributed by atoms with E-state index < -0.39 is 0 Å². The second-order valence-electron chi connectivity index (χ2n) is 4.10. The van der Waals surface area contributed by atoms with Gasteiger partial charge in [-0.25, -0.2) is 4.98 Å². The number of hydrogen-bond donors (Lipinski definition) is 2. The molecule has 0 saturated carbocycles. The van der Waals surface area contributed by atoms with E-state index in [4.69, 9.17) is 5.73 Å². The second kappa shape index (κ2) is 6.23. The molecule has 4 heteroatoms. The summed E-state index contributed by atoms with van der Waals surface area (Å²) in [4.78, 5) is 15.7. The lowest BCUT2D eigenvalue weighted by atomic mass is 10.1. The minimum absolute atomic E-state index is 0.00194. The molecular formula is C12H19N3O. The molecule has 1 heterocycles. The van der Waals surface area contributed by atoms with Crippen molar-refractivity contribution >= 4 is 11.7 Å². The molecule has 1 amide bonds. The molecule has 1 aromatic heterocycles. The van der Waals surface area contributed by atoms with Crippen molar-refractivity contribution in [2.24, 2.45) is 11.7 Å². The first-order chi connectivity index (χ1) is 7.63. The summed E-state index contributed by atoms with van der Waals surface area (Å²) in [5.74, 6) is 1.03. The monoisotopic (exact) mass is 221 g/mol. The average molecular weight is 221 g/mol. The van der Waals surface area contributed by atoms with Crippen LogP contribution < -0.4 is 11.1 Å². The number of anilines is 1. The van der Waals surface area contributed by atoms with Gasteiger partial charge < -0.3 is 11.1 Å². The van der Waals surface area contributed by atoms with Crippen LogP contribution in [-0.4, -0.2) is 17.4 Å². The largest absolute Gasteiger partial charge is 0.330 e. The number of hydrogen-bond acceptors (Lipinski definition) is 3. The molecule has 0 spiro atoms. The predicted octanol–water partition coefficient (Wildman–Crippen LogP) is 1.70. The fourth-order valence-electron chi connectivity index (χ4n) is 1.31. The van der Waals surface area contributed by atoms with Gasteiger partial charge in [0, 0.05) is 12.6 Å². The van der Waals surface area contributed by atoms with Gasteiger partial charge in [-0.15, -0.1) is 0 Å². The molecule has 0 saturated heterocycles. The average Bonchev–Trinajstić information content (AvgIpc) is 2.29. The maximum Gasteiger partial charge on any atom is 0.225 e. The molecule has 0 aliphatic heterocycles. The minimum atomic E-state index is 0.00194. The number of pyridine rings is 1. The number of nitrogens with zero attached hydrogens (tertiary/aromatic N) is 1. The quantitative estimate of drug-likeness (QED) is 0.795. The van der Waals surface area contributed by atoms with Crippen molar-refractivity contribution < 1.29 is 4.79 Å². The van der Waals surface area contributed by atoms with Crippen molar-refractivity contribution in [3.05, 3.63) is 23.9 Å². The number of nitrogens with two attached hydrogens (primary N) is 1. The highest BCUT2D eigenvalue weighted by molar-refractivity contribution is 5.90. The zero-order valence-electron chi connectivity index (χ0n) is 9.86. The van der Waals surface area contributed by atoms with Crippen LogP contribution in [0.4, 0.5) is 5.82 Å². The number of amides is 1. The molecule has 0 aliphatic carbocycles. The zero-order valence-corrected chi connectivity index (χ0v) is 9.86.